The predicted molar refractivity (Wildman–Crippen MR) is 52.4 cm³/mol. The summed E-state index contributed by atoms with van der Waals surface area (Å²) in [4.78, 5) is 0. The van der Waals surface area contributed by atoms with E-state index in [1.165, 1.54) is 24.2 Å². The summed E-state index contributed by atoms with van der Waals surface area (Å²) in [7, 11) is 0. The lowest BCUT2D eigenvalue weighted by molar-refractivity contribution is 0.207. The molecule has 1 aromatic heterocycles. The fraction of sp³-hybridized carbons (Fsp3) is 0.750. The molecule has 3 nitrogen and oxygen atoms in total. The molecule has 0 aliphatic heterocycles. The molecule has 1 aliphatic rings. The summed E-state index contributed by atoms with van der Waals surface area (Å²) in [6.07, 6.45) is 5.19. The van der Waals surface area contributed by atoms with Crippen LogP contribution in [-0.4, -0.2) is 16.3 Å². The lowest BCUT2D eigenvalue weighted by Crippen LogP contribution is -2.10. The molecule has 0 amide bonds. The highest BCUT2D eigenvalue weighted by molar-refractivity contribution is 7.13. The molecule has 0 radical (unpaired) electrons. The first-order chi connectivity index (χ1) is 6.38. The second-order valence-electron chi connectivity index (χ2n) is 3.12. The standard InChI is InChI=1S/C8H11ClN2OS/c9-5-7-10-11-8(13-7)12-6-3-1-2-4-6/h6H,1-5H2. The molecule has 72 valence electrons. The van der Waals surface area contributed by atoms with Crippen molar-refractivity contribution in [1.29, 1.82) is 0 Å². The topological polar surface area (TPSA) is 35.0 Å². The molecule has 0 atom stereocenters. The van der Waals surface area contributed by atoms with Gasteiger partial charge >= 0.3 is 0 Å². The average molecular weight is 219 g/mol. The Morgan fingerprint density at radius 1 is 1.38 bits per heavy atom. The molecule has 1 saturated carbocycles. The normalized spacial score (nSPS) is 17.9. The zero-order chi connectivity index (χ0) is 9.10. The van der Waals surface area contributed by atoms with Gasteiger partial charge in [-0.05, 0) is 25.7 Å². The van der Waals surface area contributed by atoms with Gasteiger partial charge in [-0.15, -0.1) is 21.8 Å². The van der Waals surface area contributed by atoms with Crippen molar-refractivity contribution in [1.82, 2.24) is 10.2 Å². The molecule has 0 N–H and O–H groups in total. The predicted octanol–water partition coefficient (Wildman–Crippen LogP) is 2.60. The van der Waals surface area contributed by atoms with Gasteiger partial charge in [-0.3, -0.25) is 0 Å². The van der Waals surface area contributed by atoms with E-state index in [4.69, 9.17) is 16.3 Å². The Kier molecular flexibility index (Phi) is 3.01. The molecular weight excluding hydrogens is 208 g/mol. The molecule has 5 heteroatoms. The Morgan fingerprint density at radius 3 is 2.77 bits per heavy atom. The Labute approximate surface area is 86.1 Å². The number of aromatic nitrogens is 2. The highest BCUT2D eigenvalue weighted by Crippen LogP contribution is 2.26. The summed E-state index contributed by atoms with van der Waals surface area (Å²) in [5.41, 5.74) is 0. The Morgan fingerprint density at radius 2 is 2.15 bits per heavy atom. The van der Waals surface area contributed by atoms with Gasteiger partial charge in [0.2, 0.25) is 0 Å². The van der Waals surface area contributed by atoms with Crippen molar-refractivity contribution in [2.45, 2.75) is 37.7 Å². The largest absolute Gasteiger partial charge is 0.466 e. The summed E-state index contributed by atoms with van der Waals surface area (Å²) >= 11 is 7.05. The van der Waals surface area contributed by atoms with Crippen molar-refractivity contribution in [2.24, 2.45) is 0 Å². The van der Waals surface area contributed by atoms with E-state index >= 15 is 0 Å². The fourth-order valence-corrected chi connectivity index (χ4v) is 2.31. The number of alkyl halides is 1. The van der Waals surface area contributed by atoms with Gasteiger partial charge in [-0.25, -0.2) is 0 Å². The van der Waals surface area contributed by atoms with E-state index in [9.17, 15) is 0 Å². The summed E-state index contributed by atoms with van der Waals surface area (Å²) in [5.74, 6) is 0.422. The highest BCUT2D eigenvalue weighted by Gasteiger charge is 2.18. The summed E-state index contributed by atoms with van der Waals surface area (Å²) in [5, 5.41) is 9.30. The molecule has 2 rings (SSSR count). The van der Waals surface area contributed by atoms with E-state index in [0.29, 0.717) is 17.2 Å². The maximum Gasteiger partial charge on any atom is 0.294 e. The molecule has 1 aliphatic carbocycles. The first kappa shape index (κ1) is 9.21. The second-order valence-corrected chi connectivity index (χ2v) is 4.41. The van der Waals surface area contributed by atoms with E-state index in [-0.39, 0.29) is 0 Å². The minimum atomic E-state index is 0.358. The average Bonchev–Trinajstić information content (AvgIpc) is 2.76. The van der Waals surface area contributed by atoms with Gasteiger partial charge in [0.1, 0.15) is 11.1 Å². The van der Waals surface area contributed by atoms with Crippen molar-refractivity contribution in [3.05, 3.63) is 5.01 Å². The van der Waals surface area contributed by atoms with Crippen LogP contribution in [0, 0.1) is 0 Å². The van der Waals surface area contributed by atoms with Gasteiger partial charge in [0.15, 0.2) is 0 Å². The van der Waals surface area contributed by atoms with Crippen LogP contribution in [-0.2, 0) is 5.88 Å². The van der Waals surface area contributed by atoms with Crippen molar-refractivity contribution >= 4 is 22.9 Å². The minimum Gasteiger partial charge on any atom is -0.466 e. The lowest BCUT2D eigenvalue weighted by atomic mass is 10.3. The Hall–Kier alpha value is -0.350. The van der Waals surface area contributed by atoms with Crippen molar-refractivity contribution in [2.75, 3.05) is 0 Å². The molecule has 1 fully saturated rings. The van der Waals surface area contributed by atoms with Crippen LogP contribution in [0.15, 0.2) is 0 Å². The zero-order valence-corrected chi connectivity index (χ0v) is 8.77. The number of nitrogens with zero attached hydrogens (tertiary/aromatic N) is 2. The molecule has 1 aromatic rings. The van der Waals surface area contributed by atoms with E-state index in [0.717, 1.165) is 17.8 Å². The van der Waals surface area contributed by atoms with Crippen LogP contribution < -0.4 is 4.74 Å². The second kappa shape index (κ2) is 4.24. The molecule has 0 aromatic carbocycles. The maximum absolute atomic E-state index is 5.64. The SMILES string of the molecule is ClCc1nnc(OC2CCCC2)s1. The van der Waals surface area contributed by atoms with Crippen LogP contribution in [0.1, 0.15) is 30.7 Å². The van der Waals surface area contributed by atoms with Crippen LogP contribution in [0.4, 0.5) is 0 Å². The third-order valence-electron chi connectivity index (χ3n) is 2.13. The smallest absolute Gasteiger partial charge is 0.294 e. The Bertz CT molecular complexity index is 273. The molecule has 0 spiro atoms. The van der Waals surface area contributed by atoms with Gasteiger partial charge in [0.25, 0.3) is 5.19 Å². The number of ether oxygens (including phenoxy) is 1. The van der Waals surface area contributed by atoms with E-state index < -0.39 is 0 Å². The maximum atomic E-state index is 5.64. The van der Waals surface area contributed by atoms with Crippen LogP contribution in [0.3, 0.4) is 0 Å². The molecule has 1 heterocycles. The summed E-state index contributed by atoms with van der Waals surface area (Å²) in [6.45, 7) is 0. The van der Waals surface area contributed by atoms with Crippen LogP contribution in [0.5, 0.6) is 5.19 Å². The highest BCUT2D eigenvalue weighted by atomic mass is 35.5. The minimum absolute atomic E-state index is 0.358. The van der Waals surface area contributed by atoms with Gasteiger partial charge in [-0.2, -0.15) is 0 Å². The van der Waals surface area contributed by atoms with E-state index in [1.807, 2.05) is 0 Å². The molecule has 0 saturated heterocycles. The quantitative estimate of drug-likeness (QED) is 0.732. The molecule has 0 bridgehead atoms. The van der Waals surface area contributed by atoms with Crippen molar-refractivity contribution in [3.63, 3.8) is 0 Å². The Balaban J connectivity index is 1.92. The van der Waals surface area contributed by atoms with Crippen LogP contribution in [0.2, 0.25) is 0 Å². The zero-order valence-electron chi connectivity index (χ0n) is 7.20. The first-order valence-corrected chi connectivity index (χ1v) is 5.78. The fourth-order valence-electron chi connectivity index (χ4n) is 1.49. The number of hydrogen-bond acceptors (Lipinski definition) is 4. The van der Waals surface area contributed by atoms with Gasteiger partial charge in [0, 0.05) is 0 Å². The van der Waals surface area contributed by atoms with E-state index in [1.54, 1.807) is 0 Å². The van der Waals surface area contributed by atoms with E-state index in [2.05, 4.69) is 10.2 Å². The number of hydrogen-bond donors (Lipinski definition) is 0. The monoisotopic (exact) mass is 218 g/mol. The van der Waals surface area contributed by atoms with Gasteiger partial charge < -0.3 is 4.74 Å². The van der Waals surface area contributed by atoms with Gasteiger partial charge in [0.05, 0.1) is 5.88 Å². The lowest BCUT2D eigenvalue weighted by Gasteiger charge is -2.07. The molecule has 0 unspecified atom stereocenters. The van der Waals surface area contributed by atoms with Crippen LogP contribution >= 0.6 is 22.9 Å². The summed E-state index contributed by atoms with van der Waals surface area (Å²) in [6, 6.07) is 0. The number of rotatable bonds is 3. The van der Waals surface area contributed by atoms with Crippen molar-refractivity contribution < 1.29 is 4.74 Å². The van der Waals surface area contributed by atoms with Crippen LogP contribution in [0.25, 0.3) is 0 Å². The molecular formula is C8H11ClN2OS. The first-order valence-electron chi connectivity index (χ1n) is 4.43. The summed E-state index contributed by atoms with van der Waals surface area (Å²) < 4.78 is 5.64. The third kappa shape index (κ3) is 2.31. The van der Waals surface area contributed by atoms with Crippen molar-refractivity contribution in [3.8, 4) is 5.19 Å². The molecule has 13 heavy (non-hydrogen) atoms. The third-order valence-corrected chi connectivity index (χ3v) is 3.36. The van der Waals surface area contributed by atoms with Gasteiger partial charge in [-0.1, -0.05) is 11.3 Å². The number of halogens is 1.